The summed E-state index contributed by atoms with van der Waals surface area (Å²) in [5.74, 6) is 0.201. The molecule has 2 aromatic rings. The van der Waals surface area contributed by atoms with Crippen LogP contribution in [0.25, 0.3) is 10.8 Å². The van der Waals surface area contributed by atoms with Gasteiger partial charge in [0.2, 0.25) is 0 Å². The van der Waals surface area contributed by atoms with E-state index in [1.54, 1.807) is 12.1 Å². The topological polar surface area (TPSA) is 49.3 Å². The fourth-order valence-electron chi connectivity index (χ4n) is 4.79. The lowest BCUT2D eigenvalue weighted by Gasteiger charge is -2.08. The average molecular weight is 468 g/mol. The summed E-state index contributed by atoms with van der Waals surface area (Å²) in [6.45, 7) is 3.01. The average Bonchev–Trinajstić information content (AvgIpc) is 2.84. The second-order valence-electron chi connectivity index (χ2n) is 9.98. The third-order valence-electron chi connectivity index (χ3n) is 6.92. The van der Waals surface area contributed by atoms with Gasteiger partial charge in [-0.15, -0.1) is 0 Å². The first-order valence-electron chi connectivity index (χ1n) is 14.2. The molecule has 2 N–H and O–H groups in total. The number of amides is 1. The maximum atomic E-state index is 12.6. The molecule has 0 bridgehead atoms. The number of aromatic hydroxyl groups is 1. The van der Waals surface area contributed by atoms with Crippen LogP contribution in [0.1, 0.15) is 133 Å². The number of carbonyl (C=O) groups excluding carboxylic acids is 1. The third kappa shape index (κ3) is 11.9. The van der Waals surface area contributed by atoms with E-state index in [2.05, 4.69) is 12.2 Å². The summed E-state index contributed by atoms with van der Waals surface area (Å²) in [6, 6.07) is 10.8. The highest BCUT2D eigenvalue weighted by Crippen LogP contribution is 2.23. The van der Waals surface area contributed by atoms with Crippen LogP contribution in [-0.4, -0.2) is 17.6 Å². The zero-order chi connectivity index (χ0) is 24.3. The Bertz CT molecular complexity index is 801. The summed E-state index contributed by atoms with van der Waals surface area (Å²) >= 11 is 0. The molecule has 34 heavy (non-hydrogen) atoms. The maximum absolute atomic E-state index is 12.6. The van der Waals surface area contributed by atoms with Crippen molar-refractivity contribution >= 4 is 16.7 Å². The standard InChI is InChI=1S/C31H49NO2/c1-2-3-4-5-6-7-8-9-10-11-12-13-14-15-16-17-18-19-25-32-31(34)30-22-20-21-27-26-28(33)23-24-29(27)30/h20-24,26,33H,2-19,25H2,1H3,(H,32,34). The van der Waals surface area contributed by atoms with Gasteiger partial charge in [0.1, 0.15) is 5.75 Å². The van der Waals surface area contributed by atoms with Crippen LogP contribution in [0.5, 0.6) is 5.75 Å². The first kappa shape index (κ1) is 28.2. The van der Waals surface area contributed by atoms with Gasteiger partial charge in [0.25, 0.3) is 5.91 Å². The molecule has 2 aromatic carbocycles. The summed E-state index contributed by atoms with van der Waals surface area (Å²) in [7, 11) is 0. The molecule has 1 amide bonds. The molecule has 0 spiro atoms. The first-order valence-corrected chi connectivity index (χ1v) is 14.2. The van der Waals surface area contributed by atoms with Crippen molar-refractivity contribution in [1.29, 1.82) is 0 Å². The smallest absolute Gasteiger partial charge is 0.251 e. The predicted octanol–water partition coefficient (Wildman–Crippen LogP) is 9.32. The number of fused-ring (bicyclic) bond motifs is 1. The summed E-state index contributed by atoms with van der Waals surface area (Å²) in [5.41, 5.74) is 0.680. The van der Waals surface area contributed by atoms with Crippen molar-refractivity contribution in [3.8, 4) is 5.75 Å². The molecule has 3 nitrogen and oxygen atoms in total. The number of nitrogens with one attached hydrogen (secondary N) is 1. The quantitative estimate of drug-likeness (QED) is 0.191. The van der Waals surface area contributed by atoms with Crippen LogP contribution >= 0.6 is 0 Å². The van der Waals surface area contributed by atoms with Crippen molar-refractivity contribution in [3.63, 3.8) is 0 Å². The van der Waals surface area contributed by atoms with E-state index >= 15 is 0 Å². The van der Waals surface area contributed by atoms with Crippen molar-refractivity contribution in [3.05, 3.63) is 42.0 Å². The zero-order valence-corrected chi connectivity index (χ0v) is 21.8. The van der Waals surface area contributed by atoms with Crippen LogP contribution in [-0.2, 0) is 0 Å². The molecule has 0 saturated carbocycles. The summed E-state index contributed by atoms with van der Waals surface area (Å²) in [4.78, 5) is 12.6. The number of phenols is 1. The van der Waals surface area contributed by atoms with E-state index in [4.69, 9.17) is 0 Å². The third-order valence-corrected chi connectivity index (χ3v) is 6.92. The highest BCUT2D eigenvalue weighted by molar-refractivity contribution is 6.07. The Hall–Kier alpha value is -2.03. The van der Waals surface area contributed by atoms with Crippen LogP contribution < -0.4 is 5.32 Å². The molecule has 0 aliphatic heterocycles. The first-order chi connectivity index (χ1) is 16.7. The molecular formula is C31H49NO2. The van der Waals surface area contributed by atoms with Gasteiger partial charge in [-0.2, -0.15) is 0 Å². The summed E-state index contributed by atoms with van der Waals surface area (Å²) in [5, 5.41) is 14.5. The van der Waals surface area contributed by atoms with E-state index in [0.717, 1.165) is 23.7 Å². The lowest BCUT2D eigenvalue weighted by molar-refractivity contribution is 0.0954. The van der Waals surface area contributed by atoms with Crippen molar-refractivity contribution in [2.24, 2.45) is 0 Å². The van der Waals surface area contributed by atoms with E-state index in [1.165, 1.54) is 109 Å². The lowest BCUT2D eigenvalue weighted by Crippen LogP contribution is -2.24. The number of rotatable bonds is 20. The number of phenolic OH excluding ortho intramolecular Hbond substituents is 1. The minimum Gasteiger partial charge on any atom is -0.508 e. The molecule has 0 fully saturated rings. The van der Waals surface area contributed by atoms with Gasteiger partial charge < -0.3 is 10.4 Å². The zero-order valence-electron chi connectivity index (χ0n) is 21.8. The Labute approximate surface area is 208 Å². The van der Waals surface area contributed by atoms with Crippen molar-refractivity contribution in [2.75, 3.05) is 6.54 Å². The highest BCUT2D eigenvalue weighted by Gasteiger charge is 2.09. The van der Waals surface area contributed by atoms with Crippen LogP contribution in [0.2, 0.25) is 0 Å². The van der Waals surface area contributed by atoms with E-state index in [1.807, 2.05) is 24.3 Å². The second-order valence-corrected chi connectivity index (χ2v) is 9.98. The molecule has 0 saturated heterocycles. The Kier molecular flexibility index (Phi) is 15.2. The van der Waals surface area contributed by atoms with Crippen molar-refractivity contribution in [2.45, 2.75) is 122 Å². The maximum Gasteiger partial charge on any atom is 0.251 e. The molecule has 0 heterocycles. The number of benzene rings is 2. The van der Waals surface area contributed by atoms with Crippen LogP contribution in [0.3, 0.4) is 0 Å². The molecule has 3 heteroatoms. The lowest BCUT2D eigenvalue weighted by atomic mass is 10.0. The van der Waals surface area contributed by atoms with Gasteiger partial charge in [0, 0.05) is 12.1 Å². The van der Waals surface area contributed by atoms with Gasteiger partial charge in [-0.1, -0.05) is 128 Å². The number of carbonyl (C=O) groups is 1. The number of hydrogen-bond donors (Lipinski definition) is 2. The SMILES string of the molecule is CCCCCCCCCCCCCCCCCCCCNC(=O)c1cccc2cc(O)ccc12. The van der Waals surface area contributed by atoms with Crippen molar-refractivity contribution < 1.29 is 9.90 Å². The van der Waals surface area contributed by atoms with Crippen LogP contribution in [0, 0.1) is 0 Å². The monoisotopic (exact) mass is 467 g/mol. The Morgan fingerprint density at radius 2 is 1.18 bits per heavy atom. The van der Waals surface area contributed by atoms with Crippen LogP contribution in [0.15, 0.2) is 36.4 Å². The minimum absolute atomic E-state index is 0.0248. The van der Waals surface area contributed by atoms with Gasteiger partial charge in [-0.25, -0.2) is 0 Å². The Morgan fingerprint density at radius 3 is 1.71 bits per heavy atom. The fourth-order valence-corrected chi connectivity index (χ4v) is 4.79. The Morgan fingerprint density at radius 1 is 0.676 bits per heavy atom. The van der Waals surface area contributed by atoms with Crippen LogP contribution in [0.4, 0.5) is 0 Å². The van der Waals surface area contributed by atoms with E-state index < -0.39 is 0 Å². The van der Waals surface area contributed by atoms with Gasteiger partial charge in [0.15, 0.2) is 0 Å². The van der Waals surface area contributed by atoms with Gasteiger partial charge in [-0.3, -0.25) is 4.79 Å². The molecule has 0 aromatic heterocycles. The summed E-state index contributed by atoms with van der Waals surface area (Å²) in [6.07, 6.45) is 24.6. The second kappa shape index (κ2) is 18.3. The number of unbranched alkanes of at least 4 members (excludes halogenated alkanes) is 17. The number of hydrogen-bond acceptors (Lipinski definition) is 2. The predicted molar refractivity (Wildman–Crippen MR) is 147 cm³/mol. The van der Waals surface area contributed by atoms with Gasteiger partial charge >= 0.3 is 0 Å². The molecule has 0 aliphatic rings. The largest absolute Gasteiger partial charge is 0.508 e. The molecule has 0 atom stereocenters. The van der Waals surface area contributed by atoms with E-state index in [-0.39, 0.29) is 11.7 Å². The highest BCUT2D eigenvalue weighted by atomic mass is 16.3. The van der Waals surface area contributed by atoms with E-state index in [9.17, 15) is 9.90 Å². The van der Waals surface area contributed by atoms with Crippen molar-refractivity contribution in [1.82, 2.24) is 5.32 Å². The normalized spacial score (nSPS) is 11.2. The molecule has 0 aliphatic carbocycles. The molecule has 0 radical (unpaired) electrons. The molecular weight excluding hydrogens is 418 g/mol. The minimum atomic E-state index is -0.0248. The molecule has 2 rings (SSSR count). The van der Waals surface area contributed by atoms with E-state index in [0.29, 0.717) is 5.56 Å². The fraction of sp³-hybridized carbons (Fsp3) is 0.645. The van der Waals surface area contributed by atoms with Gasteiger partial charge in [0.05, 0.1) is 0 Å². The molecule has 0 unspecified atom stereocenters. The summed E-state index contributed by atoms with van der Waals surface area (Å²) < 4.78 is 0. The molecule has 190 valence electrons. The van der Waals surface area contributed by atoms with Gasteiger partial charge in [-0.05, 0) is 41.5 Å². The Balaban J connectivity index is 1.37.